The zero-order valence-corrected chi connectivity index (χ0v) is 12.2. The summed E-state index contributed by atoms with van der Waals surface area (Å²) in [4.78, 5) is 23.3. The van der Waals surface area contributed by atoms with Crippen LogP contribution < -0.4 is 11.1 Å². The van der Waals surface area contributed by atoms with Crippen LogP contribution in [-0.4, -0.2) is 22.1 Å². The van der Waals surface area contributed by atoms with Crippen molar-refractivity contribution in [1.82, 2.24) is 0 Å². The molecule has 2 aromatic rings. The van der Waals surface area contributed by atoms with Gasteiger partial charge in [-0.25, -0.2) is 4.79 Å². The molecule has 0 fully saturated rings. The molecule has 0 radical (unpaired) electrons. The first-order chi connectivity index (χ1) is 9.88. The van der Waals surface area contributed by atoms with Gasteiger partial charge >= 0.3 is 5.97 Å². The van der Waals surface area contributed by atoms with Crippen LogP contribution in [0.5, 0.6) is 5.75 Å². The van der Waals surface area contributed by atoms with Crippen molar-refractivity contribution in [3.05, 3.63) is 52.0 Å². The molecule has 0 heterocycles. The van der Waals surface area contributed by atoms with Gasteiger partial charge in [0.25, 0.3) is 5.91 Å². The highest BCUT2D eigenvalue weighted by Gasteiger charge is 2.16. The number of carbonyl (C=O) groups excluding carboxylic acids is 1. The van der Waals surface area contributed by atoms with E-state index < -0.39 is 11.9 Å². The summed E-state index contributed by atoms with van der Waals surface area (Å²) in [5.41, 5.74) is 5.90. The molecule has 108 valence electrons. The van der Waals surface area contributed by atoms with Gasteiger partial charge in [0, 0.05) is 10.2 Å². The molecule has 21 heavy (non-hydrogen) atoms. The molecule has 0 aromatic heterocycles. The van der Waals surface area contributed by atoms with Crippen LogP contribution in [0, 0.1) is 0 Å². The van der Waals surface area contributed by atoms with E-state index in [1.807, 2.05) is 0 Å². The van der Waals surface area contributed by atoms with Crippen LogP contribution in [0.25, 0.3) is 0 Å². The third kappa shape index (κ3) is 3.32. The standard InChI is InChI=1S/C14H11BrN2O4/c15-7-1-4-12(18)10(5-7)13(19)17-11-6-8(16)2-3-9(11)14(20)21/h1-6,18H,16H2,(H,17,19)(H,20,21). The molecule has 0 unspecified atom stereocenters. The van der Waals surface area contributed by atoms with Gasteiger partial charge in [-0.05, 0) is 36.4 Å². The first kappa shape index (κ1) is 14.9. The third-order valence-corrected chi connectivity index (χ3v) is 3.22. The fourth-order valence-corrected chi connectivity index (χ4v) is 2.09. The molecule has 0 bridgehead atoms. The maximum absolute atomic E-state index is 12.1. The molecule has 0 spiro atoms. The summed E-state index contributed by atoms with van der Waals surface area (Å²) in [6, 6.07) is 8.43. The second-order valence-corrected chi connectivity index (χ2v) is 5.14. The lowest BCUT2D eigenvalue weighted by Gasteiger charge is -2.10. The Hall–Kier alpha value is -2.54. The van der Waals surface area contributed by atoms with Gasteiger partial charge in [-0.15, -0.1) is 0 Å². The number of halogens is 1. The van der Waals surface area contributed by atoms with Crippen LogP contribution >= 0.6 is 15.9 Å². The number of anilines is 2. The summed E-state index contributed by atoms with van der Waals surface area (Å²) in [5, 5.41) is 21.2. The van der Waals surface area contributed by atoms with Gasteiger partial charge in [-0.1, -0.05) is 15.9 Å². The van der Waals surface area contributed by atoms with Crippen molar-refractivity contribution in [1.29, 1.82) is 0 Å². The van der Waals surface area contributed by atoms with E-state index in [2.05, 4.69) is 21.2 Å². The Labute approximate surface area is 128 Å². The predicted molar refractivity (Wildman–Crippen MR) is 81.6 cm³/mol. The number of hydrogen-bond acceptors (Lipinski definition) is 4. The summed E-state index contributed by atoms with van der Waals surface area (Å²) in [6.07, 6.45) is 0. The average molecular weight is 351 g/mol. The number of carboxylic acids is 1. The first-order valence-electron chi connectivity index (χ1n) is 5.81. The molecule has 6 nitrogen and oxygen atoms in total. The normalized spacial score (nSPS) is 10.1. The number of carboxylic acid groups (broad SMARTS) is 1. The van der Waals surface area contributed by atoms with Crippen molar-refractivity contribution in [2.75, 3.05) is 11.1 Å². The van der Waals surface area contributed by atoms with Crippen LogP contribution in [0.15, 0.2) is 40.9 Å². The minimum Gasteiger partial charge on any atom is -0.507 e. The fourth-order valence-electron chi connectivity index (χ4n) is 1.73. The molecule has 0 aliphatic carbocycles. The van der Waals surface area contributed by atoms with Crippen LogP contribution in [0.3, 0.4) is 0 Å². The number of carbonyl (C=O) groups is 2. The number of amides is 1. The van der Waals surface area contributed by atoms with Gasteiger partial charge in [0.2, 0.25) is 0 Å². The largest absolute Gasteiger partial charge is 0.507 e. The topological polar surface area (TPSA) is 113 Å². The van der Waals surface area contributed by atoms with Crippen molar-refractivity contribution in [3.63, 3.8) is 0 Å². The number of nitrogens with two attached hydrogens (primary N) is 1. The van der Waals surface area contributed by atoms with Gasteiger partial charge in [0.05, 0.1) is 16.8 Å². The summed E-state index contributed by atoms with van der Waals surface area (Å²) in [5.74, 6) is -2.04. The first-order valence-corrected chi connectivity index (χ1v) is 6.60. The number of nitrogens with one attached hydrogen (secondary N) is 1. The lowest BCUT2D eigenvalue weighted by Crippen LogP contribution is -2.15. The predicted octanol–water partition coefficient (Wildman–Crippen LogP) is 2.69. The van der Waals surface area contributed by atoms with Crippen molar-refractivity contribution in [2.24, 2.45) is 0 Å². The number of phenols is 1. The quantitative estimate of drug-likeness (QED) is 0.635. The molecular formula is C14H11BrN2O4. The van der Waals surface area contributed by atoms with E-state index in [-0.39, 0.29) is 22.6 Å². The molecule has 0 aliphatic heterocycles. The second-order valence-electron chi connectivity index (χ2n) is 4.23. The van der Waals surface area contributed by atoms with Crippen molar-refractivity contribution in [3.8, 4) is 5.75 Å². The van der Waals surface area contributed by atoms with Crippen molar-refractivity contribution < 1.29 is 19.8 Å². The van der Waals surface area contributed by atoms with Crippen LogP contribution in [0.4, 0.5) is 11.4 Å². The summed E-state index contributed by atoms with van der Waals surface area (Å²) < 4.78 is 0.608. The Morgan fingerprint density at radius 2 is 1.81 bits per heavy atom. The number of phenolic OH excluding ortho intramolecular Hbond substituents is 1. The number of rotatable bonds is 3. The minimum absolute atomic E-state index is 0.0168. The van der Waals surface area contributed by atoms with E-state index in [0.717, 1.165) is 0 Å². The zero-order chi connectivity index (χ0) is 15.6. The third-order valence-electron chi connectivity index (χ3n) is 2.73. The van der Waals surface area contributed by atoms with E-state index in [1.54, 1.807) is 6.07 Å². The molecule has 7 heteroatoms. The molecule has 1 amide bonds. The monoisotopic (exact) mass is 350 g/mol. The Bertz CT molecular complexity index is 731. The Kier molecular flexibility index (Phi) is 4.13. The lowest BCUT2D eigenvalue weighted by molar-refractivity contribution is 0.0698. The molecule has 2 aromatic carbocycles. The lowest BCUT2D eigenvalue weighted by atomic mass is 10.1. The number of nitrogen functional groups attached to an aromatic ring is 1. The van der Waals surface area contributed by atoms with Crippen LogP contribution in [0.1, 0.15) is 20.7 Å². The number of aromatic hydroxyl groups is 1. The van der Waals surface area contributed by atoms with E-state index in [1.165, 1.54) is 30.3 Å². The van der Waals surface area contributed by atoms with E-state index in [4.69, 9.17) is 10.8 Å². The fraction of sp³-hybridized carbons (Fsp3) is 0. The van der Waals surface area contributed by atoms with E-state index >= 15 is 0 Å². The number of aromatic carboxylic acids is 1. The molecule has 0 saturated carbocycles. The highest BCUT2D eigenvalue weighted by molar-refractivity contribution is 9.10. The molecule has 5 N–H and O–H groups in total. The Morgan fingerprint density at radius 1 is 1.10 bits per heavy atom. The van der Waals surface area contributed by atoms with Crippen LogP contribution in [0.2, 0.25) is 0 Å². The van der Waals surface area contributed by atoms with Crippen LogP contribution in [-0.2, 0) is 0 Å². The highest BCUT2D eigenvalue weighted by Crippen LogP contribution is 2.25. The van der Waals surface area contributed by atoms with Gasteiger partial charge < -0.3 is 21.3 Å². The minimum atomic E-state index is -1.19. The Balaban J connectivity index is 2.38. The summed E-state index contributed by atoms with van der Waals surface area (Å²) in [7, 11) is 0. The second kappa shape index (κ2) is 5.84. The average Bonchev–Trinajstić information content (AvgIpc) is 2.41. The maximum atomic E-state index is 12.1. The zero-order valence-electron chi connectivity index (χ0n) is 10.6. The van der Waals surface area contributed by atoms with E-state index in [9.17, 15) is 14.7 Å². The Morgan fingerprint density at radius 3 is 2.48 bits per heavy atom. The van der Waals surface area contributed by atoms with Crippen molar-refractivity contribution >= 4 is 39.2 Å². The van der Waals surface area contributed by atoms with Gasteiger partial charge in [0.15, 0.2) is 0 Å². The van der Waals surface area contributed by atoms with Gasteiger partial charge in [0.1, 0.15) is 5.75 Å². The molecule has 0 atom stereocenters. The summed E-state index contributed by atoms with van der Waals surface area (Å²) in [6.45, 7) is 0. The highest BCUT2D eigenvalue weighted by atomic mass is 79.9. The van der Waals surface area contributed by atoms with Crippen molar-refractivity contribution in [2.45, 2.75) is 0 Å². The SMILES string of the molecule is Nc1ccc(C(=O)O)c(NC(=O)c2cc(Br)ccc2O)c1. The molecule has 0 saturated heterocycles. The van der Waals surface area contributed by atoms with Gasteiger partial charge in [-0.2, -0.15) is 0 Å². The maximum Gasteiger partial charge on any atom is 0.337 e. The van der Waals surface area contributed by atoms with E-state index in [0.29, 0.717) is 10.2 Å². The van der Waals surface area contributed by atoms with Gasteiger partial charge in [-0.3, -0.25) is 4.79 Å². The summed E-state index contributed by atoms with van der Waals surface area (Å²) >= 11 is 3.19. The molecule has 0 aliphatic rings. The number of hydrogen-bond donors (Lipinski definition) is 4. The number of benzene rings is 2. The smallest absolute Gasteiger partial charge is 0.337 e. The molecular weight excluding hydrogens is 340 g/mol. The molecule has 2 rings (SSSR count).